The number of likely N-dealkylation sites (N-methyl/N-ethyl adjacent to an activating group) is 1. The Hall–Kier alpha value is 0.300. The van der Waals surface area contributed by atoms with E-state index in [2.05, 4.69) is 46.6 Å². The molecule has 1 aromatic carbocycles. The molecular weight excluding hydrogens is 318 g/mol. The highest BCUT2D eigenvalue weighted by atomic mass is 79.9. The minimum atomic E-state index is 0.520. The molecular formula is C13H19BrClNS. The first-order chi connectivity index (χ1) is 8.17. The van der Waals surface area contributed by atoms with Crippen LogP contribution in [-0.4, -0.2) is 24.6 Å². The van der Waals surface area contributed by atoms with Crippen molar-refractivity contribution in [3.63, 3.8) is 0 Å². The van der Waals surface area contributed by atoms with Crippen molar-refractivity contribution in [2.75, 3.05) is 18.6 Å². The van der Waals surface area contributed by atoms with Crippen molar-refractivity contribution in [3.05, 3.63) is 33.3 Å². The predicted molar refractivity (Wildman–Crippen MR) is 83.3 cm³/mol. The summed E-state index contributed by atoms with van der Waals surface area (Å²) in [7, 11) is 0. The summed E-state index contributed by atoms with van der Waals surface area (Å²) in [6.07, 6.45) is 4.33. The van der Waals surface area contributed by atoms with Gasteiger partial charge in [0.1, 0.15) is 0 Å². The van der Waals surface area contributed by atoms with Crippen molar-refractivity contribution in [2.45, 2.75) is 25.8 Å². The standard InChI is InChI=1S/C13H19BrClNS/c1-3-16-12(6-7-17-2)8-10-4-5-11(14)9-13(10)15/h4-5,9,12,16H,3,6-8H2,1-2H3. The van der Waals surface area contributed by atoms with Gasteiger partial charge in [-0.15, -0.1) is 0 Å². The first-order valence-electron chi connectivity index (χ1n) is 5.83. The zero-order valence-corrected chi connectivity index (χ0v) is 13.5. The van der Waals surface area contributed by atoms with Crippen LogP contribution in [0.15, 0.2) is 22.7 Å². The van der Waals surface area contributed by atoms with Gasteiger partial charge in [-0.05, 0) is 49.1 Å². The summed E-state index contributed by atoms with van der Waals surface area (Å²) in [5.41, 5.74) is 1.22. The minimum absolute atomic E-state index is 0.520. The monoisotopic (exact) mass is 335 g/mol. The van der Waals surface area contributed by atoms with Gasteiger partial charge in [-0.2, -0.15) is 11.8 Å². The third kappa shape index (κ3) is 5.64. The number of halogens is 2. The fourth-order valence-electron chi connectivity index (χ4n) is 1.78. The first kappa shape index (κ1) is 15.4. The van der Waals surface area contributed by atoms with Crippen LogP contribution in [-0.2, 0) is 6.42 Å². The van der Waals surface area contributed by atoms with Crippen molar-refractivity contribution < 1.29 is 0 Å². The van der Waals surface area contributed by atoms with Gasteiger partial charge in [-0.3, -0.25) is 0 Å². The summed E-state index contributed by atoms with van der Waals surface area (Å²) in [6, 6.07) is 6.65. The molecule has 0 aromatic heterocycles. The Morgan fingerprint density at radius 1 is 1.47 bits per heavy atom. The number of thioether (sulfide) groups is 1. The molecule has 96 valence electrons. The van der Waals surface area contributed by atoms with Gasteiger partial charge in [0.05, 0.1) is 0 Å². The molecule has 0 aliphatic rings. The Labute approximate surface area is 122 Å². The van der Waals surface area contributed by atoms with Crippen LogP contribution in [0.5, 0.6) is 0 Å². The number of hydrogen-bond acceptors (Lipinski definition) is 2. The van der Waals surface area contributed by atoms with Crippen LogP contribution in [0.25, 0.3) is 0 Å². The topological polar surface area (TPSA) is 12.0 Å². The Kier molecular flexibility index (Phi) is 7.60. The van der Waals surface area contributed by atoms with Gasteiger partial charge in [-0.25, -0.2) is 0 Å². The summed E-state index contributed by atoms with van der Waals surface area (Å²) < 4.78 is 1.04. The van der Waals surface area contributed by atoms with Crippen LogP contribution < -0.4 is 5.32 Å². The molecule has 0 saturated carbocycles. The van der Waals surface area contributed by atoms with E-state index in [1.807, 2.05) is 17.8 Å². The summed E-state index contributed by atoms with van der Waals surface area (Å²) >= 11 is 11.6. The van der Waals surface area contributed by atoms with E-state index in [0.717, 1.165) is 22.5 Å². The average molecular weight is 337 g/mol. The average Bonchev–Trinajstić information content (AvgIpc) is 2.29. The van der Waals surface area contributed by atoms with E-state index in [0.29, 0.717) is 6.04 Å². The molecule has 1 nitrogen and oxygen atoms in total. The fraction of sp³-hybridized carbons (Fsp3) is 0.538. The van der Waals surface area contributed by atoms with Crippen molar-refractivity contribution in [1.82, 2.24) is 5.32 Å². The largest absolute Gasteiger partial charge is 0.314 e. The predicted octanol–water partition coefficient (Wildman–Crippen LogP) is 4.38. The molecule has 1 rings (SSSR count). The lowest BCUT2D eigenvalue weighted by atomic mass is 10.0. The van der Waals surface area contributed by atoms with Gasteiger partial charge >= 0.3 is 0 Å². The van der Waals surface area contributed by atoms with Crippen molar-refractivity contribution >= 4 is 39.3 Å². The molecule has 0 saturated heterocycles. The maximum absolute atomic E-state index is 6.24. The molecule has 0 heterocycles. The van der Waals surface area contributed by atoms with Crippen LogP contribution in [0.3, 0.4) is 0 Å². The van der Waals surface area contributed by atoms with E-state index in [4.69, 9.17) is 11.6 Å². The Morgan fingerprint density at radius 2 is 2.24 bits per heavy atom. The zero-order chi connectivity index (χ0) is 12.7. The lowest BCUT2D eigenvalue weighted by molar-refractivity contribution is 0.513. The molecule has 1 N–H and O–H groups in total. The van der Waals surface area contributed by atoms with Crippen LogP contribution in [0.1, 0.15) is 18.9 Å². The van der Waals surface area contributed by atoms with Crippen LogP contribution in [0, 0.1) is 0 Å². The van der Waals surface area contributed by atoms with Gasteiger partial charge in [0.15, 0.2) is 0 Å². The molecule has 0 spiro atoms. The van der Waals surface area contributed by atoms with Crippen molar-refractivity contribution in [2.24, 2.45) is 0 Å². The van der Waals surface area contributed by atoms with Crippen molar-refractivity contribution in [3.8, 4) is 0 Å². The fourth-order valence-corrected chi connectivity index (χ4v) is 3.05. The Bertz CT molecular complexity index is 346. The van der Waals surface area contributed by atoms with Crippen LogP contribution in [0.4, 0.5) is 0 Å². The Balaban J connectivity index is 2.64. The third-order valence-corrected chi connectivity index (χ3v) is 4.13. The maximum Gasteiger partial charge on any atom is 0.0449 e. The van der Waals surface area contributed by atoms with Crippen molar-refractivity contribution in [1.29, 1.82) is 0 Å². The SMILES string of the molecule is CCNC(CCSC)Cc1ccc(Br)cc1Cl. The van der Waals surface area contributed by atoms with Gasteiger partial charge in [0, 0.05) is 15.5 Å². The van der Waals surface area contributed by atoms with E-state index >= 15 is 0 Å². The molecule has 0 bridgehead atoms. The summed E-state index contributed by atoms with van der Waals surface area (Å²) in [5.74, 6) is 1.19. The Morgan fingerprint density at radius 3 is 2.82 bits per heavy atom. The summed E-state index contributed by atoms with van der Waals surface area (Å²) in [6.45, 7) is 3.16. The zero-order valence-electron chi connectivity index (χ0n) is 10.3. The number of rotatable bonds is 7. The number of benzene rings is 1. The molecule has 0 fully saturated rings. The second-order valence-corrected chi connectivity index (χ2v) is 6.28. The van der Waals surface area contributed by atoms with E-state index in [1.165, 1.54) is 17.7 Å². The van der Waals surface area contributed by atoms with Gasteiger partial charge in [0.2, 0.25) is 0 Å². The molecule has 1 unspecified atom stereocenters. The molecule has 4 heteroatoms. The number of hydrogen-bond donors (Lipinski definition) is 1. The molecule has 0 radical (unpaired) electrons. The van der Waals surface area contributed by atoms with Crippen LogP contribution in [0.2, 0.25) is 5.02 Å². The van der Waals surface area contributed by atoms with Gasteiger partial charge < -0.3 is 5.32 Å². The highest BCUT2D eigenvalue weighted by Gasteiger charge is 2.10. The second-order valence-electron chi connectivity index (χ2n) is 3.98. The first-order valence-corrected chi connectivity index (χ1v) is 8.40. The third-order valence-electron chi connectivity index (χ3n) is 2.64. The lowest BCUT2D eigenvalue weighted by Gasteiger charge is -2.18. The number of nitrogens with one attached hydrogen (secondary N) is 1. The normalized spacial score (nSPS) is 12.7. The molecule has 1 atom stereocenters. The minimum Gasteiger partial charge on any atom is -0.314 e. The molecule has 17 heavy (non-hydrogen) atoms. The summed E-state index contributed by atoms with van der Waals surface area (Å²) in [5, 5.41) is 4.38. The summed E-state index contributed by atoms with van der Waals surface area (Å²) in [4.78, 5) is 0. The highest BCUT2D eigenvalue weighted by Crippen LogP contribution is 2.23. The molecule has 0 amide bonds. The lowest BCUT2D eigenvalue weighted by Crippen LogP contribution is -2.31. The smallest absolute Gasteiger partial charge is 0.0449 e. The van der Waals surface area contributed by atoms with E-state index < -0.39 is 0 Å². The molecule has 0 aliphatic carbocycles. The van der Waals surface area contributed by atoms with Crippen LogP contribution >= 0.6 is 39.3 Å². The maximum atomic E-state index is 6.24. The second kappa shape index (κ2) is 8.41. The van der Waals surface area contributed by atoms with E-state index in [9.17, 15) is 0 Å². The molecule has 0 aliphatic heterocycles. The molecule has 1 aromatic rings. The van der Waals surface area contributed by atoms with E-state index in [1.54, 1.807) is 0 Å². The quantitative estimate of drug-likeness (QED) is 0.793. The van der Waals surface area contributed by atoms with Gasteiger partial charge in [0.25, 0.3) is 0 Å². The van der Waals surface area contributed by atoms with Gasteiger partial charge in [-0.1, -0.05) is 40.5 Å². The highest BCUT2D eigenvalue weighted by molar-refractivity contribution is 9.10. The van der Waals surface area contributed by atoms with E-state index in [-0.39, 0.29) is 0 Å².